The normalized spacial score (nSPS) is 35.3. The Morgan fingerprint density at radius 1 is 1.19 bits per heavy atom. The molecular weight excluding hydrogens is 376 g/mol. The third-order valence-electron chi connectivity index (χ3n) is 4.94. The van der Waals surface area contributed by atoms with Crippen molar-refractivity contribution in [2.45, 2.75) is 56.7 Å². The van der Waals surface area contributed by atoms with Crippen molar-refractivity contribution in [3.8, 4) is 0 Å². The van der Waals surface area contributed by atoms with Crippen LogP contribution in [0.1, 0.15) is 20.3 Å². The quantitative estimate of drug-likeness (QED) is 0.841. The van der Waals surface area contributed by atoms with E-state index < -0.39 is 42.5 Å². The molecule has 1 aromatic rings. The van der Waals surface area contributed by atoms with Crippen LogP contribution in [0, 0.1) is 0 Å². The van der Waals surface area contributed by atoms with Crippen LogP contribution in [0.5, 0.6) is 0 Å². The number of hydrogen-bond donors (Lipinski definition) is 1. The third-order valence-corrected chi connectivity index (χ3v) is 5.19. The smallest absolute Gasteiger partial charge is 0.329 e. The van der Waals surface area contributed by atoms with E-state index >= 15 is 0 Å². The maximum Gasteiger partial charge on any atom is 0.329 e. The number of fused-ring (bicyclic) bond motifs is 1. The van der Waals surface area contributed by atoms with Crippen LogP contribution in [0.25, 0.3) is 0 Å². The predicted molar refractivity (Wildman–Crippen MR) is 95.4 cm³/mol. The first kappa shape index (κ1) is 18.6. The van der Waals surface area contributed by atoms with Crippen molar-refractivity contribution < 1.29 is 28.5 Å². The summed E-state index contributed by atoms with van der Waals surface area (Å²) >= 11 is 5.87. The summed E-state index contributed by atoms with van der Waals surface area (Å²) in [5.74, 6) is -1.10. The lowest BCUT2D eigenvalue weighted by molar-refractivity contribution is -0.219. The van der Waals surface area contributed by atoms with E-state index in [2.05, 4.69) is 5.32 Å². The van der Waals surface area contributed by atoms with E-state index in [1.807, 2.05) is 0 Å². The van der Waals surface area contributed by atoms with Crippen LogP contribution in [0.3, 0.4) is 0 Å². The molecule has 5 atom stereocenters. The molecule has 0 spiro atoms. The minimum atomic E-state index is -0.770. The van der Waals surface area contributed by atoms with Crippen LogP contribution in [0.4, 0.5) is 10.5 Å². The lowest BCUT2D eigenvalue weighted by Gasteiger charge is -2.36. The fourth-order valence-corrected chi connectivity index (χ4v) is 3.94. The second-order valence-electron chi connectivity index (χ2n) is 7.24. The summed E-state index contributed by atoms with van der Waals surface area (Å²) in [4.78, 5) is 26.4. The van der Waals surface area contributed by atoms with Gasteiger partial charge in [-0.15, -0.1) is 0 Å². The Kier molecular flexibility index (Phi) is 4.64. The minimum Gasteiger partial charge on any atom is -0.376 e. The second-order valence-corrected chi connectivity index (χ2v) is 7.67. The van der Waals surface area contributed by atoms with Crippen LogP contribution < -0.4 is 10.2 Å². The van der Waals surface area contributed by atoms with E-state index in [0.29, 0.717) is 10.7 Å². The van der Waals surface area contributed by atoms with Gasteiger partial charge in [0.15, 0.2) is 12.1 Å². The van der Waals surface area contributed by atoms with Crippen LogP contribution in [0.2, 0.25) is 5.02 Å². The highest BCUT2D eigenvalue weighted by Gasteiger charge is 2.58. The largest absolute Gasteiger partial charge is 0.376 e. The number of urea groups is 1. The standard InChI is InChI=1S/C18H21ClN2O6/c1-18(2)26-15-14(24-3)13(25-16(15)27-18)11-8-12(22)21(17(23)20-11)10-6-4-9(19)5-7-10/h4-7,11,13-16H,8H2,1-3H3,(H,20,23)/t11-,13+,14-,15+,16+/m0/s1. The van der Waals surface area contributed by atoms with Crippen molar-refractivity contribution in [3.05, 3.63) is 29.3 Å². The first-order chi connectivity index (χ1) is 12.8. The molecule has 0 bridgehead atoms. The predicted octanol–water partition coefficient (Wildman–Crippen LogP) is 2.05. The number of imide groups is 1. The number of nitrogens with one attached hydrogen (secondary N) is 1. The van der Waals surface area contributed by atoms with Crippen LogP contribution in [0.15, 0.2) is 24.3 Å². The van der Waals surface area contributed by atoms with E-state index in [4.69, 9.17) is 30.5 Å². The number of amides is 3. The molecule has 27 heavy (non-hydrogen) atoms. The van der Waals surface area contributed by atoms with E-state index in [1.165, 1.54) is 0 Å². The summed E-state index contributed by atoms with van der Waals surface area (Å²) in [6, 6.07) is 5.44. The van der Waals surface area contributed by atoms with Crippen molar-refractivity contribution in [1.82, 2.24) is 5.32 Å². The molecule has 0 radical (unpaired) electrons. The van der Waals surface area contributed by atoms with Crippen molar-refractivity contribution in [1.29, 1.82) is 0 Å². The van der Waals surface area contributed by atoms with Gasteiger partial charge in [0.05, 0.1) is 18.2 Å². The average Bonchev–Trinajstić information content (AvgIpc) is 3.07. The van der Waals surface area contributed by atoms with E-state index in [9.17, 15) is 9.59 Å². The van der Waals surface area contributed by atoms with Gasteiger partial charge in [0.25, 0.3) is 0 Å². The highest BCUT2D eigenvalue weighted by atomic mass is 35.5. The molecule has 0 aliphatic carbocycles. The lowest BCUT2D eigenvalue weighted by atomic mass is 9.98. The Bertz CT molecular complexity index is 737. The summed E-state index contributed by atoms with van der Waals surface area (Å²) < 4.78 is 23.1. The molecule has 9 heteroatoms. The molecule has 1 aromatic carbocycles. The SMILES string of the molecule is CO[C@@H]1[C@H]2OC(C)(C)O[C@H]2O[C@@H]1[C@@H]1CC(=O)N(c2ccc(Cl)cc2)C(=O)N1. The topological polar surface area (TPSA) is 86.3 Å². The van der Waals surface area contributed by atoms with Gasteiger partial charge < -0.3 is 24.3 Å². The van der Waals surface area contributed by atoms with Gasteiger partial charge in [-0.2, -0.15) is 0 Å². The molecular formula is C18H21ClN2O6. The molecule has 3 aliphatic rings. The fraction of sp³-hybridized carbons (Fsp3) is 0.556. The van der Waals surface area contributed by atoms with Gasteiger partial charge in [-0.25, -0.2) is 9.69 Å². The molecule has 3 amide bonds. The monoisotopic (exact) mass is 396 g/mol. The van der Waals surface area contributed by atoms with Gasteiger partial charge >= 0.3 is 6.03 Å². The summed E-state index contributed by atoms with van der Waals surface area (Å²) in [7, 11) is 1.55. The molecule has 3 saturated heterocycles. The zero-order chi connectivity index (χ0) is 19.3. The summed E-state index contributed by atoms with van der Waals surface area (Å²) in [5.41, 5.74) is 0.460. The molecule has 1 N–H and O–H groups in total. The molecule has 4 rings (SSSR count). The number of hydrogen-bond acceptors (Lipinski definition) is 6. The minimum absolute atomic E-state index is 0.0712. The maximum atomic E-state index is 12.7. The van der Waals surface area contributed by atoms with Gasteiger partial charge in [-0.1, -0.05) is 11.6 Å². The van der Waals surface area contributed by atoms with E-state index in [-0.39, 0.29) is 12.3 Å². The Balaban J connectivity index is 1.50. The molecule has 0 unspecified atom stereocenters. The van der Waals surface area contributed by atoms with Crippen molar-refractivity contribution in [3.63, 3.8) is 0 Å². The summed E-state index contributed by atoms with van der Waals surface area (Å²) in [6.07, 6.45) is -1.97. The van der Waals surface area contributed by atoms with Crippen molar-refractivity contribution in [2.24, 2.45) is 0 Å². The molecule has 0 saturated carbocycles. The highest BCUT2D eigenvalue weighted by Crippen LogP contribution is 2.40. The number of rotatable bonds is 3. The number of ether oxygens (including phenoxy) is 4. The van der Waals surface area contributed by atoms with Gasteiger partial charge in [-0.05, 0) is 38.1 Å². The van der Waals surface area contributed by atoms with Gasteiger partial charge in [0.2, 0.25) is 5.91 Å². The van der Waals surface area contributed by atoms with Crippen molar-refractivity contribution >= 4 is 29.2 Å². The second kappa shape index (κ2) is 6.72. The molecule has 146 valence electrons. The number of halogens is 1. The number of benzene rings is 1. The zero-order valence-electron chi connectivity index (χ0n) is 15.2. The number of carbonyl (C=O) groups excluding carboxylic acids is 2. The molecule has 3 aliphatic heterocycles. The Morgan fingerprint density at radius 2 is 1.89 bits per heavy atom. The van der Waals surface area contributed by atoms with Crippen molar-refractivity contribution in [2.75, 3.05) is 12.0 Å². The van der Waals surface area contributed by atoms with Gasteiger partial charge in [0, 0.05) is 12.1 Å². The fourth-order valence-electron chi connectivity index (χ4n) is 3.81. The van der Waals surface area contributed by atoms with E-state index in [0.717, 1.165) is 4.90 Å². The molecule has 8 nitrogen and oxygen atoms in total. The van der Waals surface area contributed by atoms with Crippen LogP contribution in [-0.4, -0.2) is 55.5 Å². The summed E-state index contributed by atoms with van der Waals surface area (Å²) in [6.45, 7) is 3.60. The van der Waals surface area contributed by atoms with Crippen LogP contribution >= 0.6 is 11.6 Å². The van der Waals surface area contributed by atoms with E-state index in [1.54, 1.807) is 45.2 Å². The third kappa shape index (κ3) is 3.32. The number of methoxy groups -OCH3 is 1. The molecule has 0 aromatic heterocycles. The average molecular weight is 397 g/mol. The van der Waals surface area contributed by atoms with Gasteiger partial charge in [0.1, 0.15) is 18.3 Å². The Morgan fingerprint density at radius 3 is 2.52 bits per heavy atom. The first-order valence-corrected chi connectivity index (χ1v) is 9.10. The van der Waals surface area contributed by atoms with Crippen LogP contribution in [-0.2, 0) is 23.7 Å². The number of anilines is 1. The Labute approximate surface area is 161 Å². The zero-order valence-corrected chi connectivity index (χ0v) is 15.9. The first-order valence-electron chi connectivity index (χ1n) is 8.72. The highest BCUT2D eigenvalue weighted by molar-refractivity contribution is 6.30. The number of nitrogens with zero attached hydrogens (tertiary/aromatic N) is 1. The molecule has 3 heterocycles. The summed E-state index contributed by atoms with van der Waals surface area (Å²) in [5, 5.41) is 3.37. The lowest BCUT2D eigenvalue weighted by Crippen LogP contribution is -2.60. The van der Waals surface area contributed by atoms with Gasteiger partial charge in [-0.3, -0.25) is 4.79 Å². The molecule has 3 fully saturated rings. The Hall–Kier alpha value is -1.71. The number of carbonyl (C=O) groups is 2. The maximum absolute atomic E-state index is 12.7.